The Hall–Kier alpha value is -0.690. The SMILES string of the molecule is CCN(CC1CCC(C(=O)NN)O1)C1CCNCC1. The molecule has 0 aliphatic carbocycles. The number of amides is 1. The number of carbonyl (C=O) groups excluding carboxylic acids is 1. The van der Waals surface area contributed by atoms with Gasteiger partial charge in [-0.2, -0.15) is 0 Å². The van der Waals surface area contributed by atoms with E-state index in [0.29, 0.717) is 6.04 Å². The predicted molar refractivity (Wildman–Crippen MR) is 73.4 cm³/mol. The van der Waals surface area contributed by atoms with Crippen LogP contribution in [0.15, 0.2) is 0 Å². The van der Waals surface area contributed by atoms with Crippen molar-refractivity contribution in [2.24, 2.45) is 5.84 Å². The normalized spacial score (nSPS) is 28.8. The molecule has 2 unspecified atom stereocenters. The summed E-state index contributed by atoms with van der Waals surface area (Å²) in [5, 5.41) is 3.39. The van der Waals surface area contributed by atoms with Gasteiger partial charge in [-0.3, -0.25) is 15.1 Å². The van der Waals surface area contributed by atoms with Crippen LogP contribution in [0.1, 0.15) is 32.6 Å². The molecule has 2 rings (SSSR count). The van der Waals surface area contributed by atoms with Crippen molar-refractivity contribution in [2.75, 3.05) is 26.2 Å². The summed E-state index contributed by atoms with van der Waals surface area (Å²) in [4.78, 5) is 13.9. The number of ether oxygens (including phenoxy) is 1. The van der Waals surface area contributed by atoms with Gasteiger partial charge in [0.2, 0.25) is 0 Å². The summed E-state index contributed by atoms with van der Waals surface area (Å²) < 4.78 is 5.79. The molecule has 0 spiro atoms. The molecule has 4 N–H and O–H groups in total. The molecule has 0 aromatic carbocycles. The van der Waals surface area contributed by atoms with E-state index in [0.717, 1.165) is 39.0 Å². The van der Waals surface area contributed by atoms with Crippen LogP contribution in [-0.2, 0) is 9.53 Å². The van der Waals surface area contributed by atoms with Gasteiger partial charge < -0.3 is 10.1 Å². The lowest BCUT2D eigenvalue weighted by Gasteiger charge is -2.35. The Morgan fingerprint density at radius 1 is 1.37 bits per heavy atom. The molecule has 2 aliphatic heterocycles. The van der Waals surface area contributed by atoms with Gasteiger partial charge in [0.05, 0.1) is 6.10 Å². The van der Waals surface area contributed by atoms with E-state index in [1.54, 1.807) is 0 Å². The second kappa shape index (κ2) is 7.19. The fourth-order valence-electron chi connectivity index (χ4n) is 3.10. The van der Waals surface area contributed by atoms with Crippen molar-refractivity contribution in [3.05, 3.63) is 0 Å². The molecule has 19 heavy (non-hydrogen) atoms. The van der Waals surface area contributed by atoms with Crippen molar-refractivity contribution >= 4 is 5.91 Å². The number of nitrogens with one attached hydrogen (secondary N) is 2. The number of hydrogen-bond acceptors (Lipinski definition) is 5. The minimum absolute atomic E-state index is 0.164. The minimum Gasteiger partial charge on any atom is -0.364 e. The largest absolute Gasteiger partial charge is 0.364 e. The van der Waals surface area contributed by atoms with Gasteiger partial charge in [0.15, 0.2) is 0 Å². The second-order valence-electron chi connectivity index (χ2n) is 5.40. The molecule has 0 radical (unpaired) electrons. The first-order chi connectivity index (χ1) is 9.24. The van der Waals surface area contributed by atoms with Crippen LogP contribution < -0.4 is 16.6 Å². The molecule has 0 saturated carbocycles. The molecule has 2 saturated heterocycles. The van der Waals surface area contributed by atoms with E-state index in [1.807, 2.05) is 0 Å². The van der Waals surface area contributed by atoms with Gasteiger partial charge in [-0.1, -0.05) is 6.92 Å². The number of piperidine rings is 1. The first-order valence-corrected chi connectivity index (χ1v) is 7.35. The van der Waals surface area contributed by atoms with Crippen molar-refractivity contribution in [1.82, 2.24) is 15.6 Å². The minimum atomic E-state index is -0.360. The van der Waals surface area contributed by atoms with E-state index in [4.69, 9.17) is 10.6 Å². The fraction of sp³-hybridized carbons (Fsp3) is 0.923. The molecule has 2 heterocycles. The first kappa shape index (κ1) is 14.7. The van der Waals surface area contributed by atoms with Gasteiger partial charge in [-0.05, 0) is 45.3 Å². The summed E-state index contributed by atoms with van der Waals surface area (Å²) in [5.74, 6) is 4.94. The summed E-state index contributed by atoms with van der Waals surface area (Å²) in [6.45, 7) is 6.37. The Labute approximate surface area is 115 Å². The molecule has 1 amide bonds. The molecule has 6 nitrogen and oxygen atoms in total. The van der Waals surface area contributed by atoms with Crippen LogP contribution in [0.25, 0.3) is 0 Å². The lowest BCUT2D eigenvalue weighted by molar-refractivity contribution is -0.132. The number of likely N-dealkylation sites (N-methyl/N-ethyl adjacent to an activating group) is 1. The van der Waals surface area contributed by atoms with Crippen molar-refractivity contribution in [1.29, 1.82) is 0 Å². The third-order valence-electron chi connectivity index (χ3n) is 4.21. The van der Waals surface area contributed by atoms with Crippen molar-refractivity contribution in [2.45, 2.75) is 50.9 Å². The number of nitrogens with two attached hydrogens (primary N) is 1. The second-order valence-corrected chi connectivity index (χ2v) is 5.40. The lowest BCUT2D eigenvalue weighted by Crippen LogP contribution is -2.46. The number of carbonyl (C=O) groups is 1. The van der Waals surface area contributed by atoms with Crippen molar-refractivity contribution in [3.63, 3.8) is 0 Å². The molecule has 0 aromatic heterocycles. The summed E-state index contributed by atoms with van der Waals surface area (Å²) in [5.41, 5.74) is 2.17. The summed E-state index contributed by atoms with van der Waals surface area (Å²) in [7, 11) is 0. The highest BCUT2D eigenvalue weighted by molar-refractivity contribution is 5.80. The van der Waals surface area contributed by atoms with Crippen molar-refractivity contribution < 1.29 is 9.53 Å². The Kier molecular flexibility index (Phi) is 5.57. The van der Waals surface area contributed by atoms with Gasteiger partial charge in [0, 0.05) is 12.6 Å². The van der Waals surface area contributed by atoms with Crippen LogP contribution in [0.2, 0.25) is 0 Å². The van der Waals surface area contributed by atoms with E-state index in [9.17, 15) is 4.79 Å². The molecule has 2 atom stereocenters. The van der Waals surface area contributed by atoms with Crippen LogP contribution in [-0.4, -0.2) is 55.2 Å². The summed E-state index contributed by atoms with van der Waals surface area (Å²) >= 11 is 0. The molecule has 0 bridgehead atoms. The van der Waals surface area contributed by atoms with Crippen LogP contribution in [0.3, 0.4) is 0 Å². The van der Waals surface area contributed by atoms with Gasteiger partial charge in [0.25, 0.3) is 5.91 Å². The standard InChI is InChI=1S/C13H26N4O2/c1-2-17(10-5-7-15-8-6-10)9-11-3-4-12(19-11)13(18)16-14/h10-12,15H,2-9,14H2,1H3,(H,16,18). The highest BCUT2D eigenvalue weighted by Crippen LogP contribution is 2.22. The van der Waals surface area contributed by atoms with Gasteiger partial charge in [-0.25, -0.2) is 5.84 Å². The maximum Gasteiger partial charge on any atom is 0.263 e. The molecular weight excluding hydrogens is 244 g/mol. The molecule has 0 aromatic rings. The lowest BCUT2D eigenvalue weighted by atomic mass is 10.0. The molecule has 6 heteroatoms. The zero-order chi connectivity index (χ0) is 13.7. The summed E-state index contributed by atoms with van der Waals surface area (Å²) in [6.07, 6.45) is 3.93. The highest BCUT2D eigenvalue weighted by atomic mass is 16.5. The zero-order valence-electron chi connectivity index (χ0n) is 11.7. The maximum atomic E-state index is 11.4. The van der Waals surface area contributed by atoms with Crippen LogP contribution in [0.4, 0.5) is 0 Å². The predicted octanol–water partition coefficient (Wildman–Crippen LogP) is -0.402. The Balaban J connectivity index is 1.80. The number of hydrazine groups is 1. The number of rotatable bonds is 5. The van der Waals surface area contributed by atoms with Crippen LogP contribution >= 0.6 is 0 Å². The fourth-order valence-corrected chi connectivity index (χ4v) is 3.10. The topological polar surface area (TPSA) is 79.6 Å². The monoisotopic (exact) mass is 270 g/mol. The van der Waals surface area contributed by atoms with Gasteiger partial charge >= 0.3 is 0 Å². The van der Waals surface area contributed by atoms with Crippen LogP contribution in [0, 0.1) is 0 Å². The van der Waals surface area contributed by atoms with E-state index < -0.39 is 0 Å². The van der Waals surface area contributed by atoms with Gasteiger partial charge in [0.1, 0.15) is 6.10 Å². The number of nitrogens with zero attached hydrogens (tertiary/aromatic N) is 1. The Bertz CT molecular complexity index is 294. The summed E-state index contributed by atoms with van der Waals surface area (Å²) in [6, 6.07) is 0.650. The number of hydrogen-bond donors (Lipinski definition) is 3. The van der Waals surface area contributed by atoms with E-state index in [2.05, 4.69) is 22.6 Å². The molecule has 110 valence electrons. The zero-order valence-corrected chi connectivity index (χ0v) is 11.7. The average molecular weight is 270 g/mol. The third-order valence-corrected chi connectivity index (χ3v) is 4.21. The highest BCUT2D eigenvalue weighted by Gasteiger charge is 2.32. The van der Waals surface area contributed by atoms with E-state index in [-0.39, 0.29) is 18.1 Å². The van der Waals surface area contributed by atoms with E-state index in [1.165, 1.54) is 12.8 Å². The van der Waals surface area contributed by atoms with E-state index >= 15 is 0 Å². The van der Waals surface area contributed by atoms with Crippen LogP contribution in [0.5, 0.6) is 0 Å². The first-order valence-electron chi connectivity index (χ1n) is 7.35. The third kappa shape index (κ3) is 3.89. The Morgan fingerprint density at radius 3 is 2.74 bits per heavy atom. The van der Waals surface area contributed by atoms with Gasteiger partial charge in [-0.15, -0.1) is 0 Å². The molecular formula is C13H26N4O2. The maximum absolute atomic E-state index is 11.4. The molecule has 2 fully saturated rings. The Morgan fingerprint density at radius 2 is 2.11 bits per heavy atom. The smallest absolute Gasteiger partial charge is 0.263 e. The molecule has 2 aliphatic rings. The average Bonchev–Trinajstić information content (AvgIpc) is 2.93. The van der Waals surface area contributed by atoms with Crippen molar-refractivity contribution in [3.8, 4) is 0 Å². The quantitative estimate of drug-likeness (QED) is 0.360.